The highest BCUT2D eigenvalue weighted by Crippen LogP contribution is 2.42. The lowest BCUT2D eigenvalue weighted by Crippen LogP contribution is -2.09. The number of anilines is 6. The van der Waals surface area contributed by atoms with E-state index in [1.807, 2.05) is 0 Å². The van der Waals surface area contributed by atoms with Crippen LogP contribution in [-0.2, 0) is 13.1 Å². The number of hydrogen-bond acceptors (Lipinski definition) is 2. The molecule has 374 valence electrons. The summed E-state index contributed by atoms with van der Waals surface area (Å²) in [7, 11) is 0. The van der Waals surface area contributed by atoms with E-state index in [1.54, 1.807) is 0 Å². The van der Waals surface area contributed by atoms with Gasteiger partial charge in [-0.2, -0.15) is 0 Å². The number of nitrogens with zero attached hydrogens (tertiary/aromatic N) is 4. The summed E-state index contributed by atoms with van der Waals surface area (Å²) in [5.41, 5.74) is 19.4. The summed E-state index contributed by atoms with van der Waals surface area (Å²) in [5, 5.41) is 5.22. The van der Waals surface area contributed by atoms with Gasteiger partial charge in [0.1, 0.15) is 0 Å². The van der Waals surface area contributed by atoms with E-state index in [0.717, 1.165) is 60.1 Å². The molecule has 0 unspecified atom stereocenters. The molecule has 0 N–H and O–H groups in total. The number of benzene rings is 10. The Balaban J connectivity index is 0.918. The van der Waals surface area contributed by atoms with Gasteiger partial charge in [0, 0.05) is 90.8 Å². The van der Waals surface area contributed by atoms with E-state index < -0.39 is 0 Å². The van der Waals surface area contributed by atoms with Crippen molar-refractivity contribution in [2.75, 3.05) is 9.80 Å². The van der Waals surface area contributed by atoms with Gasteiger partial charge in [0.2, 0.25) is 0 Å². The molecule has 0 fully saturated rings. The molecule has 0 bridgehead atoms. The van der Waals surface area contributed by atoms with Gasteiger partial charge in [-0.3, -0.25) is 0 Å². The maximum atomic E-state index is 2.60. The van der Waals surface area contributed by atoms with Crippen molar-refractivity contribution in [1.82, 2.24) is 9.13 Å². The van der Waals surface area contributed by atoms with Crippen molar-refractivity contribution in [3.63, 3.8) is 0 Å². The minimum absolute atomic E-state index is 0.992. The smallest absolute Gasteiger partial charge is 0.0491 e. The van der Waals surface area contributed by atoms with Crippen LogP contribution in [0.3, 0.4) is 0 Å². The van der Waals surface area contributed by atoms with Crippen LogP contribution in [0, 0.1) is 0 Å². The van der Waals surface area contributed by atoms with Gasteiger partial charge in [0.05, 0.1) is 0 Å². The highest BCUT2D eigenvalue weighted by Gasteiger charge is 2.19. The molecular formula is C72H66N4. The lowest BCUT2D eigenvalue weighted by atomic mass is 9.98. The Morgan fingerprint density at radius 2 is 0.513 bits per heavy atom. The maximum absolute atomic E-state index is 2.60. The Kier molecular flexibility index (Phi) is 14.0. The van der Waals surface area contributed by atoms with E-state index in [9.17, 15) is 0 Å². The second-order valence-electron chi connectivity index (χ2n) is 20.5. The zero-order valence-electron chi connectivity index (χ0n) is 44.0. The minimum Gasteiger partial charge on any atom is -0.340 e. The van der Waals surface area contributed by atoms with Gasteiger partial charge < -0.3 is 18.9 Å². The van der Waals surface area contributed by atoms with Crippen LogP contribution in [0.1, 0.15) is 65.2 Å². The molecule has 10 aromatic carbocycles. The third-order valence-electron chi connectivity index (χ3n) is 15.5. The summed E-state index contributed by atoms with van der Waals surface area (Å²) in [4.78, 5) is 4.65. The molecule has 12 aromatic rings. The molecule has 4 nitrogen and oxygen atoms in total. The summed E-state index contributed by atoms with van der Waals surface area (Å²) in [6.07, 6.45) is 9.93. The fraction of sp³-hybridized carbons (Fsp3) is 0.167. The standard InChI is InChI=1S/C72H66N4/c1-3-5-7-8-9-22-48-74-71-44-36-56(54-33-41-64(42-34-54)76(61-27-18-12-19-28-61)62-29-20-13-21-30-62)50-66(71)68-52-58(38-46-72(68)74)57-37-45-70-67(51-57)65-49-55(35-43-69(65)73(70)47-6-4-2)53-31-39-63(40-32-53)75(59-23-14-10-15-24-59)60-25-16-11-17-26-60/h10-21,23-46,49-52H,3-9,22,47-48H2,1-2H3. The Bertz CT molecular complexity index is 3800. The molecule has 0 spiro atoms. The van der Waals surface area contributed by atoms with Crippen LogP contribution < -0.4 is 9.80 Å². The van der Waals surface area contributed by atoms with Gasteiger partial charge in [0.25, 0.3) is 0 Å². The number of rotatable bonds is 19. The molecule has 0 amide bonds. The second kappa shape index (κ2) is 22.1. The molecule has 0 aliphatic rings. The molecule has 76 heavy (non-hydrogen) atoms. The van der Waals surface area contributed by atoms with E-state index in [-0.39, 0.29) is 0 Å². The van der Waals surface area contributed by atoms with Gasteiger partial charge in [-0.1, -0.05) is 174 Å². The third kappa shape index (κ3) is 9.68. The molecule has 4 heteroatoms. The van der Waals surface area contributed by atoms with Crippen molar-refractivity contribution in [3.8, 4) is 33.4 Å². The number of aryl methyl sites for hydroxylation is 2. The molecule has 2 heterocycles. The number of para-hydroxylation sites is 4. The van der Waals surface area contributed by atoms with Crippen molar-refractivity contribution >= 4 is 77.7 Å². The minimum atomic E-state index is 0.992. The van der Waals surface area contributed by atoms with Crippen molar-refractivity contribution in [3.05, 3.63) is 243 Å². The molecule has 0 atom stereocenters. The van der Waals surface area contributed by atoms with Crippen LogP contribution >= 0.6 is 0 Å². The van der Waals surface area contributed by atoms with Gasteiger partial charge in [0.15, 0.2) is 0 Å². The van der Waals surface area contributed by atoms with Crippen LogP contribution in [0.5, 0.6) is 0 Å². The molecular weight excluding hydrogens is 921 g/mol. The highest BCUT2D eigenvalue weighted by atomic mass is 15.1. The number of hydrogen-bond donors (Lipinski definition) is 0. The largest absolute Gasteiger partial charge is 0.340 e. The zero-order valence-corrected chi connectivity index (χ0v) is 44.0. The Morgan fingerprint density at radius 1 is 0.250 bits per heavy atom. The van der Waals surface area contributed by atoms with Crippen LogP contribution in [0.2, 0.25) is 0 Å². The van der Waals surface area contributed by atoms with Gasteiger partial charge in [-0.25, -0.2) is 0 Å². The Morgan fingerprint density at radius 3 is 0.842 bits per heavy atom. The van der Waals surface area contributed by atoms with Crippen LogP contribution in [0.15, 0.2) is 243 Å². The average Bonchev–Trinajstić information content (AvgIpc) is 4.05. The Hall–Kier alpha value is -8.60. The monoisotopic (exact) mass is 987 g/mol. The Labute approximate surface area is 448 Å². The number of fused-ring (bicyclic) bond motifs is 6. The fourth-order valence-electron chi connectivity index (χ4n) is 11.6. The lowest BCUT2D eigenvalue weighted by Gasteiger charge is -2.25. The van der Waals surface area contributed by atoms with E-state index >= 15 is 0 Å². The fourth-order valence-corrected chi connectivity index (χ4v) is 11.6. The van der Waals surface area contributed by atoms with E-state index in [4.69, 9.17) is 0 Å². The quantitative estimate of drug-likeness (QED) is 0.0751. The highest BCUT2D eigenvalue weighted by molar-refractivity contribution is 6.13. The van der Waals surface area contributed by atoms with Crippen molar-refractivity contribution in [1.29, 1.82) is 0 Å². The SMILES string of the molecule is CCCCCCCCn1c2ccc(-c3ccc(N(c4ccccc4)c4ccccc4)cc3)cc2c2cc(-c3ccc4c(c3)c3cc(-c5ccc(N(c6ccccc6)c6ccccc6)cc5)ccc3n4CCCC)ccc21. The summed E-state index contributed by atoms with van der Waals surface area (Å²) in [5.74, 6) is 0. The summed E-state index contributed by atoms with van der Waals surface area (Å²) < 4.78 is 5.15. The van der Waals surface area contributed by atoms with Crippen molar-refractivity contribution in [2.45, 2.75) is 78.3 Å². The van der Waals surface area contributed by atoms with Crippen molar-refractivity contribution in [2.24, 2.45) is 0 Å². The molecule has 0 saturated heterocycles. The summed E-state index contributed by atoms with van der Waals surface area (Å²) >= 11 is 0. The topological polar surface area (TPSA) is 16.3 Å². The predicted molar refractivity (Wildman–Crippen MR) is 326 cm³/mol. The molecule has 2 aromatic heterocycles. The average molecular weight is 987 g/mol. The first-order valence-corrected chi connectivity index (χ1v) is 27.8. The molecule has 0 aliphatic heterocycles. The zero-order chi connectivity index (χ0) is 51.2. The molecule has 12 rings (SSSR count). The van der Waals surface area contributed by atoms with E-state index in [2.05, 4.69) is 275 Å². The van der Waals surface area contributed by atoms with Crippen LogP contribution in [-0.4, -0.2) is 9.13 Å². The van der Waals surface area contributed by atoms with Gasteiger partial charge >= 0.3 is 0 Å². The summed E-state index contributed by atoms with van der Waals surface area (Å²) in [6, 6.07) is 89.4. The van der Waals surface area contributed by atoms with E-state index in [1.165, 1.54) is 116 Å². The lowest BCUT2D eigenvalue weighted by molar-refractivity contribution is 0.571. The van der Waals surface area contributed by atoms with Gasteiger partial charge in [-0.05, 0) is 168 Å². The third-order valence-corrected chi connectivity index (χ3v) is 15.5. The summed E-state index contributed by atoms with van der Waals surface area (Å²) in [6.45, 7) is 6.59. The van der Waals surface area contributed by atoms with Gasteiger partial charge in [-0.15, -0.1) is 0 Å². The number of aromatic nitrogens is 2. The maximum Gasteiger partial charge on any atom is 0.0491 e. The first-order chi connectivity index (χ1) is 37.6. The first kappa shape index (κ1) is 48.3. The second-order valence-corrected chi connectivity index (χ2v) is 20.5. The number of unbranched alkanes of at least 4 members (excludes halogenated alkanes) is 6. The van der Waals surface area contributed by atoms with Crippen LogP contribution in [0.25, 0.3) is 77.0 Å². The predicted octanol–water partition coefficient (Wildman–Crippen LogP) is 21.0. The first-order valence-electron chi connectivity index (χ1n) is 27.8. The van der Waals surface area contributed by atoms with Crippen LogP contribution in [0.4, 0.5) is 34.1 Å². The normalized spacial score (nSPS) is 11.6. The van der Waals surface area contributed by atoms with E-state index in [0.29, 0.717) is 0 Å². The molecule has 0 aliphatic carbocycles. The molecule has 0 radical (unpaired) electrons. The molecule has 0 saturated carbocycles. The van der Waals surface area contributed by atoms with Crippen molar-refractivity contribution < 1.29 is 0 Å².